The zero-order chi connectivity index (χ0) is 14.8. The number of alkyl halides is 1. The summed E-state index contributed by atoms with van der Waals surface area (Å²) in [6.07, 6.45) is 2.85. The Morgan fingerprint density at radius 3 is 2.60 bits per heavy atom. The minimum Gasteiger partial charge on any atom is -0.279 e. The van der Waals surface area contributed by atoms with Crippen LogP contribution in [0.3, 0.4) is 0 Å². The van der Waals surface area contributed by atoms with Gasteiger partial charge in [0.1, 0.15) is 4.90 Å². The molecule has 1 N–H and O–H groups in total. The van der Waals surface area contributed by atoms with Crippen molar-refractivity contribution in [1.29, 1.82) is 0 Å². The summed E-state index contributed by atoms with van der Waals surface area (Å²) in [5, 5.41) is 0. The predicted molar refractivity (Wildman–Crippen MR) is 86.5 cm³/mol. The van der Waals surface area contributed by atoms with E-state index in [-0.39, 0.29) is 9.72 Å². The molecule has 20 heavy (non-hydrogen) atoms. The van der Waals surface area contributed by atoms with Crippen molar-refractivity contribution in [3.8, 4) is 0 Å². The Bertz CT molecular complexity index is 718. The Balaban J connectivity index is 2.39. The van der Waals surface area contributed by atoms with Crippen LogP contribution in [0.5, 0.6) is 0 Å². The number of para-hydroxylation sites is 1. The fourth-order valence-corrected chi connectivity index (χ4v) is 3.67. The summed E-state index contributed by atoms with van der Waals surface area (Å²) in [6.45, 7) is 1.94. The van der Waals surface area contributed by atoms with Gasteiger partial charge in [-0.05, 0) is 40.5 Å². The molecule has 106 valence electrons. The molecule has 2 rings (SSSR count). The summed E-state index contributed by atoms with van der Waals surface area (Å²) in [7, 11) is -3.66. The quantitative estimate of drug-likeness (QED) is 0.758. The summed E-state index contributed by atoms with van der Waals surface area (Å²) < 4.78 is 27.9. The van der Waals surface area contributed by atoms with E-state index in [0.717, 1.165) is 5.56 Å². The van der Waals surface area contributed by atoms with Crippen molar-refractivity contribution in [3.05, 3.63) is 52.8 Å². The number of sulfonamides is 1. The zero-order valence-electron chi connectivity index (χ0n) is 10.5. The molecule has 1 aromatic carbocycles. The van der Waals surface area contributed by atoms with E-state index >= 15 is 0 Å². The van der Waals surface area contributed by atoms with Gasteiger partial charge in [-0.25, -0.2) is 8.42 Å². The average Bonchev–Trinajstić information content (AvgIpc) is 2.38. The van der Waals surface area contributed by atoms with Gasteiger partial charge in [0.2, 0.25) is 0 Å². The highest BCUT2D eigenvalue weighted by Gasteiger charge is 2.17. The lowest BCUT2D eigenvalue weighted by Gasteiger charge is -2.14. The third-order valence-corrected chi connectivity index (χ3v) is 4.88. The second kappa shape index (κ2) is 6.24. The van der Waals surface area contributed by atoms with Crippen molar-refractivity contribution in [2.24, 2.45) is 0 Å². The number of rotatable bonds is 4. The van der Waals surface area contributed by atoms with Crippen molar-refractivity contribution in [2.45, 2.75) is 16.6 Å². The van der Waals surface area contributed by atoms with Crippen molar-refractivity contribution in [3.63, 3.8) is 0 Å². The Kier molecular flexibility index (Phi) is 4.82. The van der Waals surface area contributed by atoms with Crippen LogP contribution >= 0.6 is 31.9 Å². The fraction of sp³-hybridized carbons (Fsp3) is 0.154. The molecule has 4 nitrogen and oxygen atoms in total. The standard InChI is InChI=1S/C13H12Br2N2O2S/c1-9(14)12-4-2-3-5-13(12)17-20(18,19)11-6-10(15)7-16-8-11/h2-9,17H,1H3. The van der Waals surface area contributed by atoms with E-state index < -0.39 is 10.0 Å². The van der Waals surface area contributed by atoms with E-state index in [4.69, 9.17) is 0 Å². The van der Waals surface area contributed by atoms with Gasteiger partial charge in [-0.15, -0.1) is 0 Å². The van der Waals surface area contributed by atoms with Crippen LogP contribution < -0.4 is 4.72 Å². The van der Waals surface area contributed by atoms with Gasteiger partial charge in [0, 0.05) is 21.7 Å². The molecule has 0 aliphatic carbocycles. The minimum atomic E-state index is -3.66. The first-order valence-electron chi connectivity index (χ1n) is 5.76. The predicted octanol–water partition coefficient (Wildman–Crippen LogP) is 4.10. The Hall–Kier alpha value is -0.920. The van der Waals surface area contributed by atoms with Crippen LogP contribution in [0.25, 0.3) is 0 Å². The lowest BCUT2D eigenvalue weighted by Crippen LogP contribution is -2.14. The number of pyridine rings is 1. The van der Waals surface area contributed by atoms with E-state index in [1.807, 2.05) is 19.1 Å². The third kappa shape index (κ3) is 3.59. The number of nitrogens with zero attached hydrogens (tertiary/aromatic N) is 1. The highest BCUT2D eigenvalue weighted by atomic mass is 79.9. The van der Waals surface area contributed by atoms with E-state index in [2.05, 4.69) is 41.6 Å². The number of aromatic nitrogens is 1. The van der Waals surface area contributed by atoms with Gasteiger partial charge in [-0.3, -0.25) is 9.71 Å². The molecule has 1 heterocycles. The second-order valence-electron chi connectivity index (χ2n) is 4.15. The van der Waals surface area contributed by atoms with E-state index in [9.17, 15) is 8.42 Å². The second-order valence-corrected chi connectivity index (χ2v) is 8.12. The number of nitrogens with one attached hydrogen (secondary N) is 1. The lowest BCUT2D eigenvalue weighted by molar-refractivity contribution is 0.600. The van der Waals surface area contributed by atoms with Gasteiger partial charge >= 0.3 is 0 Å². The van der Waals surface area contributed by atoms with Crippen LogP contribution in [0.4, 0.5) is 5.69 Å². The van der Waals surface area contributed by atoms with Gasteiger partial charge in [0.15, 0.2) is 0 Å². The molecule has 0 spiro atoms. The summed E-state index contributed by atoms with van der Waals surface area (Å²) >= 11 is 6.67. The molecular weight excluding hydrogens is 408 g/mol. The first-order chi connectivity index (χ1) is 9.40. The molecule has 0 aliphatic rings. The highest BCUT2D eigenvalue weighted by Crippen LogP contribution is 2.30. The molecule has 1 aromatic heterocycles. The first-order valence-corrected chi connectivity index (χ1v) is 8.96. The summed E-state index contributed by atoms with van der Waals surface area (Å²) in [5.74, 6) is 0. The molecule has 2 aromatic rings. The van der Waals surface area contributed by atoms with Crippen molar-refractivity contribution in [2.75, 3.05) is 4.72 Å². The topological polar surface area (TPSA) is 59.1 Å². The Labute approximate surface area is 134 Å². The number of benzene rings is 1. The maximum Gasteiger partial charge on any atom is 0.263 e. The normalized spacial score (nSPS) is 12.9. The number of hydrogen-bond donors (Lipinski definition) is 1. The smallest absolute Gasteiger partial charge is 0.263 e. The average molecular weight is 420 g/mol. The van der Waals surface area contributed by atoms with Gasteiger partial charge in [-0.2, -0.15) is 0 Å². The molecular formula is C13H12Br2N2O2S. The van der Waals surface area contributed by atoms with Crippen LogP contribution in [0.1, 0.15) is 17.3 Å². The molecule has 1 unspecified atom stereocenters. The summed E-state index contributed by atoms with van der Waals surface area (Å²) in [6, 6.07) is 8.77. The van der Waals surface area contributed by atoms with Crippen LogP contribution in [0, 0.1) is 0 Å². The largest absolute Gasteiger partial charge is 0.279 e. The van der Waals surface area contributed by atoms with Gasteiger partial charge < -0.3 is 0 Å². The van der Waals surface area contributed by atoms with Gasteiger partial charge in [-0.1, -0.05) is 34.1 Å². The van der Waals surface area contributed by atoms with E-state index in [0.29, 0.717) is 10.2 Å². The van der Waals surface area contributed by atoms with Gasteiger partial charge in [0.05, 0.1) is 5.69 Å². The molecule has 0 aliphatic heterocycles. The van der Waals surface area contributed by atoms with Crippen LogP contribution in [0.15, 0.2) is 52.1 Å². The molecule has 0 fully saturated rings. The maximum absolute atomic E-state index is 12.3. The fourth-order valence-electron chi connectivity index (χ4n) is 1.68. The lowest BCUT2D eigenvalue weighted by atomic mass is 10.1. The zero-order valence-corrected chi connectivity index (χ0v) is 14.5. The third-order valence-electron chi connectivity index (χ3n) is 2.62. The van der Waals surface area contributed by atoms with Crippen LogP contribution in [0.2, 0.25) is 0 Å². The summed E-state index contributed by atoms with van der Waals surface area (Å²) in [4.78, 5) is 4.03. The Morgan fingerprint density at radius 2 is 1.95 bits per heavy atom. The van der Waals surface area contributed by atoms with Crippen molar-refractivity contribution in [1.82, 2.24) is 4.98 Å². The molecule has 0 saturated carbocycles. The molecule has 0 radical (unpaired) electrons. The number of anilines is 1. The van der Waals surface area contributed by atoms with Crippen LogP contribution in [-0.2, 0) is 10.0 Å². The maximum atomic E-state index is 12.3. The van der Waals surface area contributed by atoms with Crippen molar-refractivity contribution < 1.29 is 8.42 Å². The van der Waals surface area contributed by atoms with Gasteiger partial charge in [0.25, 0.3) is 10.0 Å². The van der Waals surface area contributed by atoms with Crippen LogP contribution in [-0.4, -0.2) is 13.4 Å². The SMILES string of the molecule is CC(Br)c1ccccc1NS(=O)(=O)c1cncc(Br)c1. The molecule has 0 saturated heterocycles. The first kappa shape index (κ1) is 15.5. The molecule has 0 bridgehead atoms. The summed E-state index contributed by atoms with van der Waals surface area (Å²) in [5.41, 5.74) is 1.43. The molecule has 1 atom stereocenters. The monoisotopic (exact) mass is 418 g/mol. The number of halogens is 2. The molecule has 0 amide bonds. The van der Waals surface area contributed by atoms with E-state index in [1.54, 1.807) is 12.1 Å². The number of hydrogen-bond acceptors (Lipinski definition) is 3. The Morgan fingerprint density at radius 1 is 1.25 bits per heavy atom. The van der Waals surface area contributed by atoms with Crippen molar-refractivity contribution >= 4 is 47.6 Å². The highest BCUT2D eigenvalue weighted by molar-refractivity contribution is 9.10. The van der Waals surface area contributed by atoms with E-state index in [1.165, 1.54) is 18.5 Å². The minimum absolute atomic E-state index is 0.0436. The molecule has 7 heteroatoms.